The maximum atomic E-state index is 11.7. The van der Waals surface area contributed by atoms with Crippen molar-refractivity contribution in [3.05, 3.63) is 40.4 Å². The molecule has 108 valence electrons. The van der Waals surface area contributed by atoms with Gasteiger partial charge in [0, 0.05) is 16.7 Å². The highest BCUT2D eigenvalue weighted by molar-refractivity contribution is 9.10. The predicted molar refractivity (Wildman–Crippen MR) is 86.8 cm³/mol. The molecule has 20 heavy (non-hydrogen) atoms. The van der Waals surface area contributed by atoms with Crippen molar-refractivity contribution in [2.45, 2.75) is 32.1 Å². The van der Waals surface area contributed by atoms with Gasteiger partial charge in [-0.3, -0.25) is 4.79 Å². The Morgan fingerprint density at radius 3 is 2.70 bits per heavy atom. The molecule has 0 spiro atoms. The molecule has 2 N–H and O–H groups in total. The molecule has 0 bridgehead atoms. The van der Waals surface area contributed by atoms with Crippen molar-refractivity contribution in [2.24, 2.45) is 0 Å². The van der Waals surface area contributed by atoms with Crippen LogP contribution in [0.4, 0.5) is 5.69 Å². The van der Waals surface area contributed by atoms with Crippen LogP contribution in [-0.4, -0.2) is 19.0 Å². The molecule has 1 amide bonds. The highest BCUT2D eigenvalue weighted by Gasteiger charge is 2.05. The van der Waals surface area contributed by atoms with E-state index in [1.165, 1.54) is 31.3 Å². The van der Waals surface area contributed by atoms with Crippen molar-refractivity contribution in [1.29, 1.82) is 0 Å². The summed E-state index contributed by atoms with van der Waals surface area (Å²) in [6.07, 6.45) is 8.33. The van der Waals surface area contributed by atoms with Gasteiger partial charge < -0.3 is 10.6 Å². The quantitative estimate of drug-likeness (QED) is 0.774. The van der Waals surface area contributed by atoms with Gasteiger partial charge >= 0.3 is 0 Å². The normalized spacial score (nSPS) is 14.6. The van der Waals surface area contributed by atoms with Gasteiger partial charge in [-0.2, -0.15) is 0 Å². The summed E-state index contributed by atoms with van der Waals surface area (Å²) in [6, 6.07) is 7.81. The number of carbonyl (C=O) groups excluding carboxylic acids is 1. The zero-order chi connectivity index (χ0) is 14.2. The monoisotopic (exact) mass is 336 g/mol. The van der Waals surface area contributed by atoms with Crippen LogP contribution in [-0.2, 0) is 4.79 Å². The fraction of sp³-hybridized carbons (Fsp3) is 0.438. The first-order valence-electron chi connectivity index (χ1n) is 7.18. The third kappa shape index (κ3) is 5.37. The summed E-state index contributed by atoms with van der Waals surface area (Å²) in [5.41, 5.74) is 2.45. The van der Waals surface area contributed by atoms with E-state index in [-0.39, 0.29) is 5.91 Å². The van der Waals surface area contributed by atoms with E-state index in [9.17, 15) is 4.79 Å². The van der Waals surface area contributed by atoms with Crippen LogP contribution in [0.5, 0.6) is 0 Å². The van der Waals surface area contributed by atoms with Crippen LogP contribution in [0.1, 0.15) is 32.1 Å². The molecule has 0 radical (unpaired) electrons. The average Bonchev–Trinajstić information content (AvgIpc) is 2.48. The fourth-order valence-corrected chi connectivity index (χ4v) is 2.57. The minimum Gasteiger partial charge on any atom is -0.376 e. The van der Waals surface area contributed by atoms with E-state index in [1.807, 2.05) is 24.3 Å². The number of carbonyl (C=O) groups is 1. The van der Waals surface area contributed by atoms with E-state index >= 15 is 0 Å². The molecule has 0 unspecified atom stereocenters. The number of nitrogens with one attached hydrogen (secondary N) is 2. The van der Waals surface area contributed by atoms with Gasteiger partial charge in [-0.15, -0.1) is 0 Å². The maximum absolute atomic E-state index is 11.7. The van der Waals surface area contributed by atoms with Crippen molar-refractivity contribution in [3.63, 3.8) is 0 Å². The molecule has 0 saturated carbocycles. The van der Waals surface area contributed by atoms with Crippen LogP contribution in [0.15, 0.2) is 40.4 Å². The first-order chi connectivity index (χ1) is 9.74. The second kappa shape index (κ2) is 8.10. The SMILES string of the molecule is O=C(CNc1ccc(Br)cc1)NCCC1=CCCCC1. The maximum Gasteiger partial charge on any atom is 0.239 e. The van der Waals surface area contributed by atoms with Crippen LogP contribution in [0.2, 0.25) is 0 Å². The Hall–Kier alpha value is -1.29. The van der Waals surface area contributed by atoms with E-state index in [0.717, 1.165) is 23.1 Å². The third-order valence-corrected chi connectivity index (χ3v) is 3.98. The lowest BCUT2D eigenvalue weighted by Crippen LogP contribution is -2.30. The molecule has 0 aromatic heterocycles. The van der Waals surface area contributed by atoms with Gasteiger partial charge in [0.1, 0.15) is 0 Å². The van der Waals surface area contributed by atoms with Gasteiger partial charge in [0.25, 0.3) is 0 Å². The smallest absolute Gasteiger partial charge is 0.239 e. The number of rotatable bonds is 6. The minimum atomic E-state index is 0.0457. The number of hydrogen-bond acceptors (Lipinski definition) is 2. The molecule has 1 aliphatic carbocycles. The van der Waals surface area contributed by atoms with Crippen molar-refractivity contribution in [1.82, 2.24) is 5.32 Å². The van der Waals surface area contributed by atoms with Crippen LogP contribution in [0, 0.1) is 0 Å². The number of benzene rings is 1. The van der Waals surface area contributed by atoms with Crippen LogP contribution >= 0.6 is 15.9 Å². The Balaban J connectivity index is 1.62. The number of anilines is 1. The predicted octanol–water partition coefficient (Wildman–Crippen LogP) is 3.87. The average molecular weight is 337 g/mol. The van der Waals surface area contributed by atoms with E-state index in [0.29, 0.717) is 6.54 Å². The summed E-state index contributed by atoms with van der Waals surface area (Å²) in [5.74, 6) is 0.0457. The molecule has 3 nitrogen and oxygen atoms in total. The van der Waals surface area contributed by atoms with Gasteiger partial charge in [0.05, 0.1) is 6.54 Å². The van der Waals surface area contributed by atoms with E-state index in [1.54, 1.807) is 0 Å². The summed E-state index contributed by atoms with van der Waals surface area (Å²) >= 11 is 3.39. The van der Waals surface area contributed by atoms with Crippen LogP contribution in [0.25, 0.3) is 0 Å². The Morgan fingerprint density at radius 1 is 1.20 bits per heavy atom. The van der Waals surface area contributed by atoms with Crippen molar-refractivity contribution < 1.29 is 4.79 Å². The first-order valence-corrected chi connectivity index (χ1v) is 7.97. The molecule has 0 heterocycles. The Labute approximate surface area is 129 Å². The highest BCUT2D eigenvalue weighted by atomic mass is 79.9. The molecule has 0 saturated heterocycles. The van der Waals surface area contributed by atoms with Crippen LogP contribution in [0.3, 0.4) is 0 Å². The lowest BCUT2D eigenvalue weighted by Gasteiger charge is -2.13. The molecule has 1 aromatic carbocycles. The summed E-state index contributed by atoms with van der Waals surface area (Å²) < 4.78 is 1.04. The zero-order valence-corrected chi connectivity index (χ0v) is 13.2. The fourth-order valence-electron chi connectivity index (χ4n) is 2.31. The third-order valence-electron chi connectivity index (χ3n) is 3.45. The van der Waals surface area contributed by atoms with Crippen molar-refractivity contribution >= 4 is 27.5 Å². The molecule has 1 aromatic rings. The second-order valence-electron chi connectivity index (χ2n) is 5.07. The Morgan fingerprint density at radius 2 is 2.00 bits per heavy atom. The Kier molecular flexibility index (Phi) is 6.12. The van der Waals surface area contributed by atoms with E-state index in [4.69, 9.17) is 0 Å². The van der Waals surface area contributed by atoms with Gasteiger partial charge in [0.15, 0.2) is 0 Å². The second-order valence-corrected chi connectivity index (χ2v) is 5.98. The molecule has 0 fully saturated rings. The van der Waals surface area contributed by atoms with Crippen LogP contribution < -0.4 is 10.6 Å². The molecule has 0 aliphatic heterocycles. The largest absolute Gasteiger partial charge is 0.376 e. The summed E-state index contributed by atoms with van der Waals surface area (Å²) in [7, 11) is 0. The van der Waals surface area contributed by atoms with Crippen molar-refractivity contribution in [2.75, 3.05) is 18.4 Å². The van der Waals surface area contributed by atoms with Gasteiger partial charge in [-0.25, -0.2) is 0 Å². The molecule has 4 heteroatoms. The number of allylic oxidation sites excluding steroid dienone is 1. The summed E-state index contributed by atoms with van der Waals surface area (Å²) in [4.78, 5) is 11.7. The first kappa shape index (κ1) is 15.1. The number of halogens is 1. The molecular weight excluding hydrogens is 316 g/mol. The highest BCUT2D eigenvalue weighted by Crippen LogP contribution is 2.19. The Bertz CT molecular complexity index is 468. The zero-order valence-electron chi connectivity index (χ0n) is 11.6. The van der Waals surface area contributed by atoms with Gasteiger partial charge in [-0.1, -0.05) is 27.6 Å². The van der Waals surface area contributed by atoms with Gasteiger partial charge in [0.2, 0.25) is 5.91 Å². The minimum absolute atomic E-state index is 0.0457. The van der Waals surface area contributed by atoms with E-state index in [2.05, 4.69) is 32.6 Å². The molecular formula is C16H21BrN2O. The number of hydrogen-bond donors (Lipinski definition) is 2. The topological polar surface area (TPSA) is 41.1 Å². The molecule has 2 rings (SSSR count). The summed E-state index contributed by atoms with van der Waals surface area (Å²) in [5, 5.41) is 6.07. The molecule has 1 aliphatic rings. The standard InChI is InChI=1S/C16H21BrN2O/c17-14-6-8-15(9-7-14)19-12-16(20)18-11-10-13-4-2-1-3-5-13/h4,6-9,19H,1-3,5,10-12H2,(H,18,20). The summed E-state index contributed by atoms with van der Waals surface area (Å²) in [6.45, 7) is 1.06. The molecule has 0 atom stereocenters. The van der Waals surface area contributed by atoms with Gasteiger partial charge in [-0.05, 0) is 56.4 Å². The van der Waals surface area contributed by atoms with Crippen molar-refractivity contribution in [3.8, 4) is 0 Å². The van der Waals surface area contributed by atoms with E-state index < -0.39 is 0 Å². The number of amides is 1. The lowest BCUT2D eigenvalue weighted by atomic mass is 9.97. The lowest BCUT2D eigenvalue weighted by molar-refractivity contribution is -0.119.